The van der Waals surface area contributed by atoms with Crippen LogP contribution in [-0.4, -0.2) is 31.1 Å². The highest BCUT2D eigenvalue weighted by molar-refractivity contribution is 5.78. The number of carbonyl (C=O) groups excluding carboxylic acids is 1. The van der Waals surface area contributed by atoms with Crippen LogP contribution in [0.25, 0.3) is 0 Å². The average molecular weight is 228 g/mol. The summed E-state index contributed by atoms with van der Waals surface area (Å²) in [5.41, 5.74) is 0. The number of amides is 1. The van der Waals surface area contributed by atoms with Gasteiger partial charge in [0.05, 0.1) is 6.17 Å². The molecule has 2 unspecified atom stereocenters. The van der Waals surface area contributed by atoms with Gasteiger partial charge >= 0.3 is 0 Å². The van der Waals surface area contributed by atoms with Gasteiger partial charge < -0.3 is 5.32 Å². The maximum atomic E-state index is 12.0. The monoisotopic (exact) mass is 228 g/mol. The number of hydrogen-bond acceptors (Lipinski definition) is 2. The molecule has 0 aliphatic rings. The second kappa shape index (κ2) is 8.57. The summed E-state index contributed by atoms with van der Waals surface area (Å²) in [4.78, 5) is 14.1. The number of rotatable bonds is 8. The minimum absolute atomic E-state index is 0.170. The predicted molar refractivity (Wildman–Crippen MR) is 69.2 cm³/mol. The molecule has 0 saturated heterocycles. The van der Waals surface area contributed by atoms with Crippen LogP contribution in [0.15, 0.2) is 0 Å². The highest BCUT2D eigenvalue weighted by Crippen LogP contribution is 2.13. The number of nitrogens with one attached hydrogen (secondary N) is 1. The van der Waals surface area contributed by atoms with Gasteiger partial charge in [0, 0.05) is 5.92 Å². The van der Waals surface area contributed by atoms with Crippen LogP contribution in [0.1, 0.15) is 52.9 Å². The molecular weight excluding hydrogens is 200 g/mol. The van der Waals surface area contributed by atoms with Crippen LogP contribution in [0.3, 0.4) is 0 Å². The Morgan fingerprint density at radius 1 is 1.19 bits per heavy atom. The SMILES string of the molecule is CCCCC(CC)C(=O)NC(CC)N(C)C. The maximum absolute atomic E-state index is 12.0. The van der Waals surface area contributed by atoms with E-state index in [0.29, 0.717) is 0 Å². The maximum Gasteiger partial charge on any atom is 0.224 e. The summed E-state index contributed by atoms with van der Waals surface area (Å²) in [7, 11) is 4.00. The molecule has 0 aliphatic heterocycles. The largest absolute Gasteiger partial charge is 0.340 e. The Labute approximate surface area is 101 Å². The van der Waals surface area contributed by atoms with Crippen LogP contribution in [0.5, 0.6) is 0 Å². The molecule has 1 amide bonds. The van der Waals surface area contributed by atoms with E-state index in [4.69, 9.17) is 0 Å². The molecular formula is C13H28N2O. The fraction of sp³-hybridized carbons (Fsp3) is 0.923. The average Bonchev–Trinajstić information content (AvgIpc) is 2.26. The van der Waals surface area contributed by atoms with E-state index in [0.717, 1.165) is 32.1 Å². The van der Waals surface area contributed by atoms with Gasteiger partial charge in [-0.2, -0.15) is 0 Å². The predicted octanol–water partition coefficient (Wildman–Crippen LogP) is 2.62. The molecule has 0 spiro atoms. The van der Waals surface area contributed by atoms with Gasteiger partial charge in [0.25, 0.3) is 0 Å². The first-order valence-electron chi connectivity index (χ1n) is 6.53. The molecule has 3 nitrogen and oxygen atoms in total. The third-order valence-corrected chi connectivity index (χ3v) is 3.09. The molecule has 0 aromatic heterocycles. The zero-order chi connectivity index (χ0) is 12.6. The van der Waals surface area contributed by atoms with Gasteiger partial charge in [-0.3, -0.25) is 9.69 Å². The summed E-state index contributed by atoms with van der Waals surface area (Å²) >= 11 is 0. The molecule has 0 bridgehead atoms. The van der Waals surface area contributed by atoms with Gasteiger partial charge in [0.1, 0.15) is 0 Å². The fourth-order valence-corrected chi connectivity index (χ4v) is 1.85. The van der Waals surface area contributed by atoms with Gasteiger partial charge in [0.2, 0.25) is 5.91 Å². The van der Waals surface area contributed by atoms with Crippen LogP contribution < -0.4 is 5.32 Å². The Hall–Kier alpha value is -0.570. The minimum Gasteiger partial charge on any atom is -0.340 e. The second-order valence-electron chi connectivity index (χ2n) is 4.64. The number of hydrogen-bond donors (Lipinski definition) is 1. The molecule has 2 atom stereocenters. The molecule has 16 heavy (non-hydrogen) atoms. The molecule has 0 rings (SSSR count). The highest BCUT2D eigenvalue weighted by atomic mass is 16.2. The van der Waals surface area contributed by atoms with E-state index in [1.807, 2.05) is 14.1 Å². The normalized spacial score (nSPS) is 14.9. The summed E-state index contributed by atoms with van der Waals surface area (Å²) in [6, 6.07) is 0. The van der Waals surface area contributed by atoms with Crippen LogP contribution in [0, 0.1) is 5.92 Å². The smallest absolute Gasteiger partial charge is 0.224 e. The highest BCUT2D eigenvalue weighted by Gasteiger charge is 2.19. The summed E-state index contributed by atoms with van der Waals surface area (Å²) in [5.74, 6) is 0.408. The Balaban J connectivity index is 4.17. The molecule has 0 radical (unpaired) electrons. The minimum atomic E-state index is 0.170. The molecule has 0 saturated carbocycles. The quantitative estimate of drug-likeness (QED) is 0.648. The van der Waals surface area contributed by atoms with E-state index >= 15 is 0 Å². The van der Waals surface area contributed by atoms with E-state index in [-0.39, 0.29) is 18.0 Å². The lowest BCUT2D eigenvalue weighted by Gasteiger charge is -2.26. The first-order valence-corrected chi connectivity index (χ1v) is 6.53. The van der Waals surface area contributed by atoms with Crippen LogP contribution in [0.4, 0.5) is 0 Å². The van der Waals surface area contributed by atoms with Gasteiger partial charge in [-0.1, -0.05) is 33.6 Å². The van der Waals surface area contributed by atoms with Crippen LogP contribution >= 0.6 is 0 Å². The van der Waals surface area contributed by atoms with E-state index in [9.17, 15) is 4.79 Å². The van der Waals surface area contributed by atoms with Gasteiger partial charge in [-0.15, -0.1) is 0 Å². The Kier molecular flexibility index (Phi) is 8.26. The van der Waals surface area contributed by atoms with Gasteiger partial charge in [0.15, 0.2) is 0 Å². The van der Waals surface area contributed by atoms with Gasteiger partial charge in [-0.05, 0) is 33.4 Å². The lowest BCUT2D eigenvalue weighted by molar-refractivity contribution is -0.127. The molecule has 0 aromatic carbocycles. The van der Waals surface area contributed by atoms with E-state index in [2.05, 4.69) is 31.0 Å². The van der Waals surface area contributed by atoms with Crippen LogP contribution in [0.2, 0.25) is 0 Å². The number of carbonyl (C=O) groups is 1. The van der Waals surface area contributed by atoms with E-state index in [1.165, 1.54) is 0 Å². The van der Waals surface area contributed by atoms with E-state index in [1.54, 1.807) is 0 Å². The zero-order valence-corrected chi connectivity index (χ0v) is 11.5. The lowest BCUT2D eigenvalue weighted by Crippen LogP contribution is -2.46. The van der Waals surface area contributed by atoms with Gasteiger partial charge in [-0.25, -0.2) is 0 Å². The van der Waals surface area contributed by atoms with Crippen molar-refractivity contribution in [3.63, 3.8) is 0 Å². The lowest BCUT2D eigenvalue weighted by atomic mass is 9.98. The van der Waals surface area contributed by atoms with Crippen molar-refractivity contribution >= 4 is 5.91 Å². The van der Waals surface area contributed by atoms with Crippen molar-refractivity contribution in [3.05, 3.63) is 0 Å². The van der Waals surface area contributed by atoms with Crippen molar-refractivity contribution in [2.24, 2.45) is 5.92 Å². The Morgan fingerprint density at radius 2 is 1.81 bits per heavy atom. The topological polar surface area (TPSA) is 32.3 Å². The molecule has 1 N–H and O–H groups in total. The van der Waals surface area contributed by atoms with Crippen molar-refractivity contribution in [2.45, 2.75) is 59.0 Å². The summed E-state index contributed by atoms with van der Waals surface area (Å²) in [5, 5.41) is 3.11. The molecule has 0 aliphatic carbocycles. The molecule has 3 heteroatoms. The summed E-state index contributed by atoms with van der Waals surface area (Å²) in [6.45, 7) is 6.35. The Morgan fingerprint density at radius 3 is 2.19 bits per heavy atom. The molecule has 96 valence electrons. The van der Waals surface area contributed by atoms with Crippen molar-refractivity contribution in [3.8, 4) is 0 Å². The van der Waals surface area contributed by atoms with Crippen molar-refractivity contribution in [1.82, 2.24) is 10.2 Å². The van der Waals surface area contributed by atoms with Crippen molar-refractivity contribution < 1.29 is 4.79 Å². The first-order chi connectivity index (χ1) is 7.56. The summed E-state index contributed by atoms with van der Waals surface area (Å²) < 4.78 is 0. The Bertz CT molecular complexity index is 192. The van der Waals surface area contributed by atoms with Crippen molar-refractivity contribution in [1.29, 1.82) is 0 Å². The third-order valence-electron chi connectivity index (χ3n) is 3.09. The number of unbranched alkanes of at least 4 members (excludes halogenated alkanes) is 1. The molecule has 0 fully saturated rings. The van der Waals surface area contributed by atoms with Crippen molar-refractivity contribution in [2.75, 3.05) is 14.1 Å². The molecule has 0 heterocycles. The summed E-state index contributed by atoms with van der Waals surface area (Å²) in [6.07, 6.45) is 5.38. The first kappa shape index (κ1) is 15.4. The zero-order valence-electron chi connectivity index (χ0n) is 11.5. The fourth-order valence-electron chi connectivity index (χ4n) is 1.85. The van der Waals surface area contributed by atoms with E-state index < -0.39 is 0 Å². The van der Waals surface area contributed by atoms with Crippen LogP contribution in [-0.2, 0) is 4.79 Å². The number of nitrogens with zero attached hydrogens (tertiary/aromatic N) is 1. The second-order valence-corrected chi connectivity index (χ2v) is 4.64. The standard InChI is InChI=1S/C13H28N2O/c1-6-9-10-11(7-2)13(16)14-12(8-3)15(4)5/h11-12H,6-10H2,1-5H3,(H,14,16). The third kappa shape index (κ3) is 5.50. The molecule has 0 aromatic rings.